The molecule has 0 saturated carbocycles. The number of nitrogens with zero attached hydrogens (tertiary/aromatic N) is 1. The second-order valence-corrected chi connectivity index (χ2v) is 7.98. The fourth-order valence-corrected chi connectivity index (χ4v) is 4.34. The van der Waals surface area contributed by atoms with Crippen LogP contribution in [0.5, 0.6) is 0 Å². The van der Waals surface area contributed by atoms with Gasteiger partial charge in [0.1, 0.15) is 0 Å². The minimum atomic E-state index is -3.54. The van der Waals surface area contributed by atoms with E-state index in [0.29, 0.717) is 6.54 Å². The van der Waals surface area contributed by atoms with Crippen LogP contribution >= 0.6 is 0 Å². The number of hydrogen-bond acceptors (Lipinski definition) is 3. The lowest BCUT2D eigenvalue weighted by atomic mass is 9.98. The van der Waals surface area contributed by atoms with Crippen LogP contribution in [0.3, 0.4) is 0 Å². The highest BCUT2D eigenvalue weighted by molar-refractivity contribution is 7.90. The first kappa shape index (κ1) is 16.3. The van der Waals surface area contributed by atoms with Crippen molar-refractivity contribution in [3.05, 3.63) is 29.8 Å². The molecule has 1 aliphatic rings. The van der Waals surface area contributed by atoms with Crippen LogP contribution in [0.4, 0.5) is 5.69 Å². The predicted octanol–water partition coefficient (Wildman–Crippen LogP) is 2.18. The number of nitrogens with one attached hydrogen (secondary N) is 2. The van der Waals surface area contributed by atoms with Gasteiger partial charge in [0, 0.05) is 18.1 Å². The molecule has 0 aliphatic carbocycles. The Morgan fingerprint density at radius 1 is 1.29 bits per heavy atom. The van der Waals surface area contributed by atoms with E-state index >= 15 is 0 Å². The molecule has 1 heterocycles. The van der Waals surface area contributed by atoms with E-state index in [-0.39, 0.29) is 6.04 Å². The SMILES string of the molecule is CCNC1CCN(S(=O)(=O)NC(C)(C)C)c2ccccc21. The van der Waals surface area contributed by atoms with E-state index in [9.17, 15) is 8.42 Å². The van der Waals surface area contributed by atoms with Crippen molar-refractivity contribution in [2.45, 2.75) is 45.7 Å². The minimum Gasteiger partial charge on any atom is -0.310 e. The molecule has 0 aromatic heterocycles. The van der Waals surface area contributed by atoms with Gasteiger partial charge in [-0.1, -0.05) is 25.1 Å². The summed E-state index contributed by atoms with van der Waals surface area (Å²) < 4.78 is 29.5. The average Bonchev–Trinajstić information content (AvgIpc) is 2.36. The third-order valence-corrected chi connectivity index (χ3v) is 5.21. The zero-order valence-electron chi connectivity index (χ0n) is 13.2. The Balaban J connectivity index is 2.37. The van der Waals surface area contributed by atoms with Gasteiger partial charge < -0.3 is 5.32 Å². The molecule has 2 rings (SSSR count). The van der Waals surface area contributed by atoms with Gasteiger partial charge in [-0.25, -0.2) is 0 Å². The third kappa shape index (κ3) is 3.75. The minimum absolute atomic E-state index is 0.215. The van der Waals surface area contributed by atoms with Crippen molar-refractivity contribution in [2.75, 3.05) is 17.4 Å². The molecule has 1 unspecified atom stereocenters. The number of anilines is 1. The van der Waals surface area contributed by atoms with Gasteiger partial charge in [-0.2, -0.15) is 13.1 Å². The maximum absolute atomic E-state index is 12.6. The van der Waals surface area contributed by atoms with Crippen LogP contribution < -0.4 is 14.3 Å². The monoisotopic (exact) mass is 311 g/mol. The Morgan fingerprint density at radius 2 is 1.95 bits per heavy atom. The number of hydrogen-bond donors (Lipinski definition) is 2. The Kier molecular flexibility index (Phi) is 4.60. The highest BCUT2D eigenvalue weighted by Gasteiger charge is 2.33. The number of benzene rings is 1. The molecule has 0 fully saturated rings. The molecule has 1 atom stereocenters. The maximum Gasteiger partial charge on any atom is 0.302 e. The third-order valence-electron chi connectivity index (χ3n) is 3.38. The summed E-state index contributed by atoms with van der Waals surface area (Å²) in [6, 6.07) is 7.93. The molecule has 1 aromatic carbocycles. The van der Waals surface area contributed by atoms with E-state index in [2.05, 4.69) is 17.0 Å². The van der Waals surface area contributed by atoms with Crippen LogP contribution in [0.1, 0.15) is 45.7 Å². The molecule has 0 saturated heterocycles. The van der Waals surface area contributed by atoms with Crippen molar-refractivity contribution >= 4 is 15.9 Å². The van der Waals surface area contributed by atoms with Crippen molar-refractivity contribution in [1.29, 1.82) is 0 Å². The van der Waals surface area contributed by atoms with Gasteiger partial charge in [-0.3, -0.25) is 4.31 Å². The Hall–Kier alpha value is -1.11. The summed E-state index contributed by atoms with van der Waals surface area (Å²) in [7, 11) is -3.54. The van der Waals surface area contributed by atoms with E-state index in [1.54, 1.807) is 0 Å². The maximum atomic E-state index is 12.6. The van der Waals surface area contributed by atoms with Gasteiger partial charge in [-0.15, -0.1) is 0 Å². The molecule has 0 bridgehead atoms. The Bertz CT molecular complexity index is 593. The smallest absolute Gasteiger partial charge is 0.302 e. The molecular formula is C15H25N3O2S. The summed E-state index contributed by atoms with van der Waals surface area (Å²) >= 11 is 0. The van der Waals surface area contributed by atoms with Gasteiger partial charge in [0.05, 0.1) is 5.69 Å². The van der Waals surface area contributed by atoms with Crippen LogP contribution in [0, 0.1) is 0 Å². The molecule has 6 heteroatoms. The molecule has 21 heavy (non-hydrogen) atoms. The topological polar surface area (TPSA) is 61.4 Å². The van der Waals surface area contributed by atoms with E-state index in [1.165, 1.54) is 4.31 Å². The lowest BCUT2D eigenvalue weighted by Gasteiger charge is -2.36. The Labute approximate surface area is 127 Å². The normalized spacial score (nSPS) is 19.4. The second-order valence-electron chi connectivity index (χ2n) is 6.39. The van der Waals surface area contributed by atoms with Gasteiger partial charge in [0.25, 0.3) is 0 Å². The molecule has 1 aromatic rings. The Morgan fingerprint density at radius 3 is 2.57 bits per heavy atom. The zero-order valence-corrected chi connectivity index (χ0v) is 14.0. The quantitative estimate of drug-likeness (QED) is 0.896. The van der Waals surface area contributed by atoms with Crippen molar-refractivity contribution in [2.24, 2.45) is 0 Å². The summed E-state index contributed by atoms with van der Waals surface area (Å²) in [4.78, 5) is 0. The van der Waals surface area contributed by atoms with Crippen LogP contribution in [0.15, 0.2) is 24.3 Å². The predicted molar refractivity (Wildman–Crippen MR) is 86.6 cm³/mol. The zero-order chi connectivity index (χ0) is 15.7. The number of para-hydroxylation sites is 1. The fraction of sp³-hybridized carbons (Fsp3) is 0.600. The van der Waals surface area contributed by atoms with Gasteiger partial charge in [0.2, 0.25) is 0 Å². The van der Waals surface area contributed by atoms with E-state index in [0.717, 1.165) is 24.2 Å². The van der Waals surface area contributed by atoms with E-state index in [1.807, 2.05) is 45.0 Å². The molecule has 2 N–H and O–H groups in total. The van der Waals surface area contributed by atoms with Crippen LogP contribution in [-0.4, -0.2) is 27.0 Å². The lowest BCUT2D eigenvalue weighted by Crippen LogP contribution is -2.51. The summed E-state index contributed by atoms with van der Waals surface area (Å²) in [5.74, 6) is 0. The summed E-state index contributed by atoms with van der Waals surface area (Å²) in [6.07, 6.45) is 0.774. The highest BCUT2D eigenvalue weighted by Crippen LogP contribution is 2.35. The van der Waals surface area contributed by atoms with Crippen LogP contribution in [0.2, 0.25) is 0 Å². The average molecular weight is 311 g/mol. The van der Waals surface area contributed by atoms with Gasteiger partial charge in [-0.05, 0) is 45.4 Å². The van der Waals surface area contributed by atoms with E-state index < -0.39 is 15.7 Å². The molecule has 0 amide bonds. The molecule has 0 spiro atoms. The molecule has 118 valence electrons. The first-order valence-corrected chi connectivity index (χ1v) is 8.82. The van der Waals surface area contributed by atoms with Crippen LogP contribution in [0.25, 0.3) is 0 Å². The van der Waals surface area contributed by atoms with Gasteiger partial charge >= 0.3 is 10.2 Å². The van der Waals surface area contributed by atoms with Crippen molar-refractivity contribution in [3.8, 4) is 0 Å². The van der Waals surface area contributed by atoms with Crippen molar-refractivity contribution < 1.29 is 8.42 Å². The standard InChI is InChI=1S/C15H25N3O2S/c1-5-16-13-10-11-18(14-9-7-6-8-12(13)14)21(19,20)17-15(2,3)4/h6-9,13,16-17H,5,10-11H2,1-4H3. The molecule has 5 nitrogen and oxygen atoms in total. The molecule has 0 radical (unpaired) electrons. The number of rotatable bonds is 4. The molecule has 1 aliphatic heterocycles. The first-order chi connectivity index (χ1) is 9.74. The first-order valence-electron chi connectivity index (χ1n) is 7.38. The van der Waals surface area contributed by atoms with Crippen molar-refractivity contribution in [3.63, 3.8) is 0 Å². The summed E-state index contributed by atoms with van der Waals surface area (Å²) in [5.41, 5.74) is 1.32. The number of fused-ring (bicyclic) bond motifs is 1. The summed E-state index contributed by atoms with van der Waals surface area (Å²) in [5, 5.41) is 3.42. The molecular weight excluding hydrogens is 286 g/mol. The largest absolute Gasteiger partial charge is 0.310 e. The van der Waals surface area contributed by atoms with Crippen molar-refractivity contribution in [1.82, 2.24) is 10.0 Å². The lowest BCUT2D eigenvalue weighted by molar-refractivity contribution is 0.475. The van der Waals surface area contributed by atoms with E-state index in [4.69, 9.17) is 0 Å². The summed E-state index contributed by atoms with van der Waals surface area (Å²) in [6.45, 7) is 8.96. The van der Waals surface area contributed by atoms with Crippen LogP contribution in [-0.2, 0) is 10.2 Å². The second kappa shape index (κ2) is 5.94. The fourth-order valence-electron chi connectivity index (χ4n) is 2.68. The van der Waals surface area contributed by atoms with Gasteiger partial charge in [0.15, 0.2) is 0 Å². The highest BCUT2D eigenvalue weighted by atomic mass is 32.2.